The molecule has 9 heteroatoms. The highest BCUT2D eigenvalue weighted by Crippen LogP contribution is 2.28. The predicted octanol–water partition coefficient (Wildman–Crippen LogP) is 4.92. The van der Waals surface area contributed by atoms with Gasteiger partial charge < -0.3 is 15.1 Å². The smallest absolute Gasteiger partial charge is 0.321 e. The van der Waals surface area contributed by atoms with Crippen LogP contribution in [-0.2, 0) is 12.8 Å². The van der Waals surface area contributed by atoms with Crippen LogP contribution in [0.4, 0.5) is 14.9 Å². The first-order valence-electron chi connectivity index (χ1n) is 12.0. The van der Waals surface area contributed by atoms with E-state index < -0.39 is 0 Å². The third kappa shape index (κ3) is 5.03. The van der Waals surface area contributed by atoms with E-state index in [4.69, 9.17) is 16.7 Å². The maximum atomic E-state index is 13.6. The van der Waals surface area contributed by atoms with E-state index in [-0.39, 0.29) is 17.8 Å². The van der Waals surface area contributed by atoms with Gasteiger partial charge in [-0.25, -0.2) is 13.9 Å². The van der Waals surface area contributed by atoms with Gasteiger partial charge in [-0.05, 0) is 80.6 Å². The van der Waals surface area contributed by atoms with Crippen molar-refractivity contribution < 1.29 is 14.0 Å². The Bertz CT molecular complexity index is 1230. The van der Waals surface area contributed by atoms with Gasteiger partial charge in [0.2, 0.25) is 0 Å². The zero-order valence-corrected chi connectivity index (χ0v) is 20.1. The number of carbonyl (C=O) groups is 2. The van der Waals surface area contributed by atoms with Crippen LogP contribution in [0, 0.1) is 5.82 Å². The van der Waals surface area contributed by atoms with Crippen LogP contribution < -0.4 is 5.32 Å². The molecule has 0 bridgehead atoms. The molecular weight excluding hydrogens is 469 g/mol. The summed E-state index contributed by atoms with van der Waals surface area (Å²) in [4.78, 5) is 29.9. The lowest BCUT2D eigenvalue weighted by atomic mass is 9.95. The first-order chi connectivity index (χ1) is 17.0. The molecule has 182 valence electrons. The Morgan fingerprint density at radius 3 is 2.31 bits per heavy atom. The number of anilines is 1. The van der Waals surface area contributed by atoms with E-state index in [2.05, 4.69) is 5.32 Å². The maximum Gasteiger partial charge on any atom is 0.321 e. The van der Waals surface area contributed by atoms with Crippen LogP contribution in [0.25, 0.3) is 5.69 Å². The molecule has 35 heavy (non-hydrogen) atoms. The van der Waals surface area contributed by atoms with Gasteiger partial charge >= 0.3 is 6.03 Å². The normalized spacial score (nSPS) is 15.9. The van der Waals surface area contributed by atoms with E-state index in [9.17, 15) is 14.0 Å². The van der Waals surface area contributed by atoms with Crippen molar-refractivity contribution >= 4 is 29.2 Å². The van der Waals surface area contributed by atoms with Crippen molar-refractivity contribution in [2.45, 2.75) is 32.1 Å². The van der Waals surface area contributed by atoms with Crippen molar-refractivity contribution in [2.75, 3.05) is 31.5 Å². The van der Waals surface area contributed by atoms with E-state index in [0.29, 0.717) is 49.0 Å². The lowest BCUT2D eigenvalue weighted by molar-refractivity contribution is 0.0755. The van der Waals surface area contributed by atoms with Crippen LogP contribution in [0.5, 0.6) is 0 Å². The minimum atomic E-state index is -0.305. The molecule has 3 amide bonds. The molecule has 1 aliphatic carbocycles. The van der Waals surface area contributed by atoms with Crippen LogP contribution >= 0.6 is 11.6 Å². The van der Waals surface area contributed by atoms with Gasteiger partial charge in [-0.3, -0.25) is 4.79 Å². The molecule has 0 unspecified atom stereocenters. The quantitative estimate of drug-likeness (QED) is 0.560. The van der Waals surface area contributed by atoms with Gasteiger partial charge in [0.15, 0.2) is 5.69 Å². The molecule has 1 saturated heterocycles. The summed E-state index contributed by atoms with van der Waals surface area (Å²) >= 11 is 5.92. The summed E-state index contributed by atoms with van der Waals surface area (Å²) in [6.45, 7) is 1.99. The third-order valence-electron chi connectivity index (χ3n) is 6.62. The number of hydrogen-bond donors (Lipinski definition) is 1. The summed E-state index contributed by atoms with van der Waals surface area (Å²) in [5, 5.41) is 8.21. The van der Waals surface area contributed by atoms with E-state index in [0.717, 1.165) is 42.6 Å². The van der Waals surface area contributed by atoms with E-state index >= 15 is 0 Å². The highest BCUT2D eigenvalue weighted by molar-refractivity contribution is 6.30. The van der Waals surface area contributed by atoms with Gasteiger partial charge in [0, 0.05) is 48.1 Å². The Balaban J connectivity index is 1.31. The summed E-state index contributed by atoms with van der Waals surface area (Å²) in [5.41, 5.74) is 3.93. The average molecular weight is 496 g/mol. The van der Waals surface area contributed by atoms with Gasteiger partial charge in [0.05, 0.1) is 5.69 Å². The Hall–Kier alpha value is -3.39. The molecule has 1 aromatic heterocycles. The molecule has 1 aliphatic heterocycles. The zero-order chi connectivity index (χ0) is 24.4. The highest BCUT2D eigenvalue weighted by atomic mass is 35.5. The first-order valence-corrected chi connectivity index (χ1v) is 12.3. The SMILES string of the molecule is O=C(Nc1ccc(Cl)cc1)N1CCCN(C(=O)c2nn(-c3ccc(F)cc3)c3c2CCCC3)CC1. The molecule has 0 spiro atoms. The van der Waals surface area contributed by atoms with Gasteiger partial charge in [-0.2, -0.15) is 5.10 Å². The Kier molecular flexibility index (Phi) is 6.72. The van der Waals surface area contributed by atoms with Crippen molar-refractivity contribution in [3.05, 3.63) is 76.3 Å². The number of aromatic nitrogens is 2. The van der Waals surface area contributed by atoms with E-state index in [1.165, 1.54) is 12.1 Å². The van der Waals surface area contributed by atoms with Crippen LogP contribution in [-0.4, -0.2) is 57.7 Å². The number of benzene rings is 2. The van der Waals surface area contributed by atoms with Gasteiger partial charge in [0.25, 0.3) is 5.91 Å². The minimum Gasteiger partial charge on any atom is -0.335 e. The number of amides is 3. The maximum absolute atomic E-state index is 13.6. The number of urea groups is 1. The summed E-state index contributed by atoms with van der Waals surface area (Å²) in [7, 11) is 0. The molecule has 2 aromatic carbocycles. The molecule has 3 aromatic rings. The summed E-state index contributed by atoms with van der Waals surface area (Å²) in [5.74, 6) is -0.413. The zero-order valence-electron chi connectivity index (χ0n) is 19.3. The standard InChI is InChI=1S/C26H27ClFN5O2/c27-18-6-10-20(11-7-18)29-26(35)32-15-3-14-31(16-17-32)25(34)24-22-4-1-2-5-23(22)33(30-24)21-12-8-19(28)9-13-21/h6-13H,1-5,14-17H2,(H,29,35). The topological polar surface area (TPSA) is 70.5 Å². The molecule has 7 nitrogen and oxygen atoms in total. The van der Waals surface area contributed by atoms with Gasteiger partial charge in [-0.15, -0.1) is 0 Å². The average Bonchev–Trinajstić information content (AvgIpc) is 3.07. The van der Waals surface area contributed by atoms with E-state index in [1.807, 2.05) is 0 Å². The van der Waals surface area contributed by atoms with Crippen molar-refractivity contribution in [1.82, 2.24) is 19.6 Å². The molecule has 0 saturated carbocycles. The van der Waals surface area contributed by atoms with Gasteiger partial charge in [0.1, 0.15) is 5.82 Å². The second-order valence-electron chi connectivity index (χ2n) is 8.94. The predicted molar refractivity (Wildman–Crippen MR) is 133 cm³/mol. The third-order valence-corrected chi connectivity index (χ3v) is 6.87. The van der Waals surface area contributed by atoms with Crippen LogP contribution in [0.15, 0.2) is 48.5 Å². The Labute approximate surface area is 208 Å². The van der Waals surface area contributed by atoms with Crippen LogP contribution in [0.3, 0.4) is 0 Å². The fraction of sp³-hybridized carbons (Fsp3) is 0.346. The van der Waals surface area contributed by atoms with Crippen molar-refractivity contribution in [3.8, 4) is 5.69 Å². The molecule has 0 radical (unpaired) electrons. The van der Waals surface area contributed by atoms with Crippen molar-refractivity contribution in [1.29, 1.82) is 0 Å². The molecule has 2 heterocycles. The summed E-state index contributed by atoms with van der Waals surface area (Å²) in [6.07, 6.45) is 4.38. The number of carbonyl (C=O) groups excluding carboxylic acids is 2. The fourth-order valence-corrected chi connectivity index (χ4v) is 4.90. The fourth-order valence-electron chi connectivity index (χ4n) is 4.78. The summed E-state index contributed by atoms with van der Waals surface area (Å²) < 4.78 is 15.3. The van der Waals surface area contributed by atoms with Gasteiger partial charge in [-0.1, -0.05) is 11.6 Å². The number of nitrogens with zero attached hydrogens (tertiary/aromatic N) is 4. The Morgan fingerprint density at radius 2 is 1.54 bits per heavy atom. The lowest BCUT2D eigenvalue weighted by Gasteiger charge is -2.22. The molecule has 5 rings (SSSR count). The monoisotopic (exact) mass is 495 g/mol. The minimum absolute atomic E-state index is 0.107. The van der Waals surface area contributed by atoms with E-state index in [1.54, 1.807) is 50.9 Å². The molecule has 1 N–H and O–H groups in total. The van der Waals surface area contributed by atoms with Crippen LogP contribution in [0.2, 0.25) is 5.02 Å². The summed E-state index contributed by atoms with van der Waals surface area (Å²) in [6, 6.07) is 13.0. The lowest BCUT2D eigenvalue weighted by Crippen LogP contribution is -2.39. The highest BCUT2D eigenvalue weighted by Gasteiger charge is 2.30. The Morgan fingerprint density at radius 1 is 0.857 bits per heavy atom. The second-order valence-corrected chi connectivity index (χ2v) is 9.38. The van der Waals surface area contributed by atoms with Crippen molar-refractivity contribution in [3.63, 3.8) is 0 Å². The first kappa shape index (κ1) is 23.4. The second kappa shape index (κ2) is 10.1. The number of nitrogens with one attached hydrogen (secondary N) is 1. The molecular formula is C26H27ClFN5O2. The molecule has 2 aliphatic rings. The molecule has 0 atom stereocenters. The number of hydrogen-bond acceptors (Lipinski definition) is 3. The number of halogens is 2. The van der Waals surface area contributed by atoms with Crippen LogP contribution in [0.1, 0.15) is 41.0 Å². The van der Waals surface area contributed by atoms with Crippen molar-refractivity contribution in [2.24, 2.45) is 0 Å². The number of fused-ring (bicyclic) bond motifs is 1. The number of rotatable bonds is 3. The molecule has 1 fully saturated rings. The largest absolute Gasteiger partial charge is 0.335 e.